The summed E-state index contributed by atoms with van der Waals surface area (Å²) in [6, 6.07) is 10.4. The molecule has 0 saturated heterocycles. The molecule has 3 heteroatoms. The van der Waals surface area contributed by atoms with E-state index >= 15 is 0 Å². The molecule has 19 heavy (non-hydrogen) atoms. The van der Waals surface area contributed by atoms with Crippen LogP contribution in [-0.4, -0.2) is 18.1 Å². The molecule has 102 valence electrons. The Balaban J connectivity index is 2.49. The summed E-state index contributed by atoms with van der Waals surface area (Å²) < 4.78 is 0. The number of pyridine rings is 1. The number of nitrogens with two attached hydrogens (primary N) is 1. The Labute approximate surface area is 115 Å². The van der Waals surface area contributed by atoms with Crippen molar-refractivity contribution in [3.63, 3.8) is 0 Å². The van der Waals surface area contributed by atoms with E-state index < -0.39 is 0 Å². The van der Waals surface area contributed by atoms with Gasteiger partial charge in [-0.25, -0.2) is 0 Å². The maximum atomic E-state index is 5.77. The quantitative estimate of drug-likeness (QED) is 0.863. The smallest absolute Gasteiger partial charge is 0.0726 e. The van der Waals surface area contributed by atoms with Crippen molar-refractivity contribution in [1.29, 1.82) is 0 Å². The van der Waals surface area contributed by atoms with Gasteiger partial charge in [-0.05, 0) is 25.5 Å². The van der Waals surface area contributed by atoms with Crippen LogP contribution in [0.2, 0.25) is 0 Å². The molecule has 2 rings (SSSR count). The summed E-state index contributed by atoms with van der Waals surface area (Å²) in [6.07, 6.45) is 2.42. The molecule has 0 radical (unpaired) electrons. The van der Waals surface area contributed by atoms with E-state index in [4.69, 9.17) is 5.73 Å². The van der Waals surface area contributed by atoms with E-state index in [1.54, 1.807) is 0 Å². The number of fused-ring (bicyclic) bond motifs is 1. The van der Waals surface area contributed by atoms with Gasteiger partial charge in [0, 0.05) is 30.7 Å². The lowest BCUT2D eigenvalue weighted by atomic mass is 10.1. The number of rotatable bonds is 6. The van der Waals surface area contributed by atoms with Crippen molar-refractivity contribution in [3.05, 3.63) is 36.0 Å². The number of hydrogen-bond acceptors (Lipinski definition) is 3. The Bertz CT molecular complexity index is 537. The third-order valence-corrected chi connectivity index (χ3v) is 3.46. The van der Waals surface area contributed by atoms with Crippen LogP contribution < -0.4 is 10.6 Å². The van der Waals surface area contributed by atoms with Crippen LogP contribution in [0.25, 0.3) is 10.9 Å². The first-order valence-electron chi connectivity index (χ1n) is 7.13. The zero-order valence-corrected chi connectivity index (χ0v) is 11.9. The molecule has 0 aliphatic carbocycles. The standard InChI is InChI=1S/C16H23N3/c1-3-5-10-19(4-2)16-11-13(12-17)18-15-9-7-6-8-14(15)16/h6-9,11H,3-5,10,12,17H2,1-2H3. The number of unbranched alkanes of at least 4 members (excludes halogenated alkanes) is 1. The van der Waals surface area contributed by atoms with Crippen molar-refractivity contribution >= 4 is 16.6 Å². The zero-order valence-electron chi connectivity index (χ0n) is 11.9. The maximum absolute atomic E-state index is 5.77. The first-order chi connectivity index (χ1) is 9.30. The van der Waals surface area contributed by atoms with Gasteiger partial charge in [0.25, 0.3) is 0 Å². The highest BCUT2D eigenvalue weighted by molar-refractivity contribution is 5.91. The van der Waals surface area contributed by atoms with Crippen LogP contribution in [0.3, 0.4) is 0 Å². The highest BCUT2D eigenvalue weighted by Crippen LogP contribution is 2.27. The zero-order chi connectivity index (χ0) is 13.7. The summed E-state index contributed by atoms with van der Waals surface area (Å²) in [6.45, 7) is 7.02. The van der Waals surface area contributed by atoms with Gasteiger partial charge in [0.2, 0.25) is 0 Å². The molecule has 1 heterocycles. The summed E-state index contributed by atoms with van der Waals surface area (Å²) in [5.41, 5.74) is 9.04. The third-order valence-electron chi connectivity index (χ3n) is 3.46. The van der Waals surface area contributed by atoms with Gasteiger partial charge in [-0.15, -0.1) is 0 Å². The van der Waals surface area contributed by atoms with Crippen LogP contribution in [0.1, 0.15) is 32.4 Å². The van der Waals surface area contributed by atoms with Crippen molar-refractivity contribution in [3.8, 4) is 0 Å². The van der Waals surface area contributed by atoms with Gasteiger partial charge in [0.15, 0.2) is 0 Å². The molecule has 0 fully saturated rings. The summed E-state index contributed by atoms with van der Waals surface area (Å²) in [5.74, 6) is 0. The molecule has 0 atom stereocenters. The fraction of sp³-hybridized carbons (Fsp3) is 0.438. The molecule has 2 aromatic rings. The van der Waals surface area contributed by atoms with Crippen LogP contribution in [0, 0.1) is 0 Å². The van der Waals surface area contributed by atoms with E-state index in [2.05, 4.69) is 48.0 Å². The Morgan fingerprint density at radius 3 is 2.68 bits per heavy atom. The molecule has 0 aliphatic rings. The topological polar surface area (TPSA) is 42.1 Å². The van der Waals surface area contributed by atoms with E-state index in [0.717, 1.165) is 24.3 Å². The highest BCUT2D eigenvalue weighted by atomic mass is 15.1. The van der Waals surface area contributed by atoms with Crippen LogP contribution in [0.15, 0.2) is 30.3 Å². The molecule has 0 bridgehead atoms. The molecule has 0 aliphatic heterocycles. The van der Waals surface area contributed by atoms with Crippen LogP contribution in [0.5, 0.6) is 0 Å². The fourth-order valence-corrected chi connectivity index (χ4v) is 2.37. The number of hydrogen-bond donors (Lipinski definition) is 1. The SMILES string of the molecule is CCCCN(CC)c1cc(CN)nc2ccccc12. The number of aromatic nitrogens is 1. The van der Waals surface area contributed by atoms with Crippen molar-refractivity contribution in [1.82, 2.24) is 4.98 Å². The Hall–Kier alpha value is -1.61. The molecule has 3 nitrogen and oxygen atoms in total. The second kappa shape index (κ2) is 6.53. The summed E-state index contributed by atoms with van der Waals surface area (Å²) >= 11 is 0. The number of nitrogens with zero attached hydrogens (tertiary/aromatic N) is 2. The highest BCUT2D eigenvalue weighted by Gasteiger charge is 2.10. The third kappa shape index (κ3) is 3.04. The van der Waals surface area contributed by atoms with Gasteiger partial charge in [-0.2, -0.15) is 0 Å². The van der Waals surface area contributed by atoms with E-state index in [1.807, 2.05) is 6.07 Å². The minimum atomic E-state index is 0.489. The number of anilines is 1. The summed E-state index contributed by atoms with van der Waals surface area (Å²) in [4.78, 5) is 7.02. The average Bonchev–Trinajstić information content (AvgIpc) is 2.47. The van der Waals surface area contributed by atoms with Gasteiger partial charge >= 0.3 is 0 Å². The predicted octanol–water partition coefficient (Wildman–Crippen LogP) is 3.32. The molecule has 1 aromatic carbocycles. The largest absolute Gasteiger partial charge is 0.371 e. The van der Waals surface area contributed by atoms with Crippen LogP contribution in [-0.2, 0) is 6.54 Å². The first kappa shape index (κ1) is 13.8. The first-order valence-corrected chi connectivity index (χ1v) is 7.13. The molecule has 0 spiro atoms. The fourth-order valence-electron chi connectivity index (χ4n) is 2.37. The lowest BCUT2D eigenvalue weighted by Crippen LogP contribution is -2.24. The lowest BCUT2D eigenvalue weighted by molar-refractivity contribution is 0.733. The van der Waals surface area contributed by atoms with Crippen molar-refractivity contribution in [2.45, 2.75) is 33.2 Å². The second-order valence-electron chi connectivity index (χ2n) is 4.79. The molecule has 0 saturated carbocycles. The second-order valence-corrected chi connectivity index (χ2v) is 4.79. The van der Waals surface area contributed by atoms with E-state index in [0.29, 0.717) is 6.54 Å². The number of para-hydroxylation sites is 1. The van der Waals surface area contributed by atoms with Crippen molar-refractivity contribution in [2.75, 3.05) is 18.0 Å². The van der Waals surface area contributed by atoms with Gasteiger partial charge < -0.3 is 10.6 Å². The lowest BCUT2D eigenvalue weighted by Gasteiger charge is -2.25. The van der Waals surface area contributed by atoms with Crippen LogP contribution in [0.4, 0.5) is 5.69 Å². The van der Waals surface area contributed by atoms with E-state index in [9.17, 15) is 0 Å². The average molecular weight is 257 g/mol. The molecular weight excluding hydrogens is 234 g/mol. The van der Waals surface area contributed by atoms with E-state index in [-0.39, 0.29) is 0 Å². The maximum Gasteiger partial charge on any atom is 0.0726 e. The molecule has 0 amide bonds. The van der Waals surface area contributed by atoms with E-state index in [1.165, 1.54) is 23.9 Å². The van der Waals surface area contributed by atoms with Crippen molar-refractivity contribution < 1.29 is 0 Å². The predicted molar refractivity (Wildman–Crippen MR) is 82.4 cm³/mol. The minimum Gasteiger partial charge on any atom is -0.371 e. The molecule has 0 unspecified atom stereocenters. The summed E-state index contributed by atoms with van der Waals surface area (Å²) in [5, 5.41) is 1.22. The Morgan fingerprint density at radius 2 is 2.00 bits per heavy atom. The number of benzene rings is 1. The Kier molecular flexibility index (Phi) is 4.74. The van der Waals surface area contributed by atoms with Gasteiger partial charge in [-0.1, -0.05) is 31.5 Å². The van der Waals surface area contributed by atoms with Gasteiger partial charge in [0.05, 0.1) is 11.2 Å². The summed E-state index contributed by atoms with van der Waals surface area (Å²) in [7, 11) is 0. The molecular formula is C16H23N3. The van der Waals surface area contributed by atoms with Crippen molar-refractivity contribution in [2.24, 2.45) is 5.73 Å². The molecule has 2 N–H and O–H groups in total. The minimum absolute atomic E-state index is 0.489. The Morgan fingerprint density at radius 1 is 1.21 bits per heavy atom. The molecule has 1 aromatic heterocycles. The van der Waals surface area contributed by atoms with Gasteiger partial charge in [0.1, 0.15) is 0 Å². The van der Waals surface area contributed by atoms with Gasteiger partial charge in [-0.3, -0.25) is 4.98 Å². The normalized spacial score (nSPS) is 10.9. The van der Waals surface area contributed by atoms with Crippen LogP contribution >= 0.6 is 0 Å². The monoisotopic (exact) mass is 257 g/mol.